The number of carbonyl (C=O) groups excluding carboxylic acids is 2. The fraction of sp³-hybridized carbons (Fsp3) is 0.522. The van der Waals surface area contributed by atoms with Crippen LogP contribution in [0.5, 0.6) is 0 Å². The number of sulfonamides is 1. The number of ether oxygens (including phenoxy) is 2. The van der Waals surface area contributed by atoms with Crippen molar-refractivity contribution in [3.8, 4) is 0 Å². The van der Waals surface area contributed by atoms with Crippen LogP contribution in [0.4, 0.5) is 15.3 Å². The van der Waals surface area contributed by atoms with Crippen molar-refractivity contribution in [1.29, 1.82) is 0 Å². The molecule has 1 aromatic heterocycles. The largest absolute Gasteiger partial charge is 0.445 e. The van der Waals surface area contributed by atoms with Gasteiger partial charge in [0.05, 0.1) is 43.3 Å². The third kappa shape index (κ3) is 7.12. The first-order valence-corrected chi connectivity index (χ1v) is 14.2. The van der Waals surface area contributed by atoms with E-state index in [0.717, 1.165) is 5.56 Å². The lowest BCUT2D eigenvalue weighted by atomic mass is 10.2. The van der Waals surface area contributed by atoms with Crippen LogP contribution in [-0.2, 0) is 39.2 Å². The molecule has 13 heteroatoms. The van der Waals surface area contributed by atoms with Crippen LogP contribution in [0.3, 0.4) is 0 Å². The monoisotopic (exact) mass is 585 g/mol. The van der Waals surface area contributed by atoms with Crippen LogP contribution in [0.25, 0.3) is 0 Å². The predicted molar refractivity (Wildman–Crippen MR) is 138 cm³/mol. The number of anilines is 1. The highest BCUT2D eigenvalue weighted by atomic mass is 79.9. The molecule has 3 rings (SSSR count). The maximum Gasteiger partial charge on any atom is 0.410 e. The van der Waals surface area contributed by atoms with E-state index in [1.165, 1.54) is 10.5 Å². The summed E-state index contributed by atoms with van der Waals surface area (Å²) < 4.78 is 39.1. The zero-order valence-electron chi connectivity index (χ0n) is 20.8. The van der Waals surface area contributed by atoms with Gasteiger partial charge >= 0.3 is 12.2 Å². The number of nitrogens with one attached hydrogen (secondary N) is 1. The van der Waals surface area contributed by atoms with Crippen molar-refractivity contribution in [3.05, 3.63) is 47.8 Å². The Morgan fingerprint density at radius 1 is 1.25 bits per heavy atom. The zero-order chi connectivity index (χ0) is 26.5. The van der Waals surface area contributed by atoms with Gasteiger partial charge in [-0.05, 0) is 33.3 Å². The molecular formula is C23H32BrN5O6S. The summed E-state index contributed by atoms with van der Waals surface area (Å²) in [5, 5.41) is 6.94. The minimum atomic E-state index is -3.78. The summed E-state index contributed by atoms with van der Waals surface area (Å²) in [5.74, 6) is 0. The zero-order valence-corrected chi connectivity index (χ0v) is 23.2. The Hall–Kier alpha value is -2.80. The first-order chi connectivity index (χ1) is 16.9. The van der Waals surface area contributed by atoms with Gasteiger partial charge in [0.15, 0.2) is 0 Å². The number of hydrogen-bond acceptors (Lipinski definition) is 7. The number of rotatable bonds is 8. The van der Waals surface area contributed by atoms with Gasteiger partial charge in [-0.2, -0.15) is 5.10 Å². The molecule has 0 spiro atoms. The number of fused-ring (bicyclic) bond motifs is 1. The average Bonchev–Trinajstić information content (AvgIpc) is 3.21. The molecule has 0 aliphatic carbocycles. The van der Waals surface area contributed by atoms with Crippen molar-refractivity contribution in [2.24, 2.45) is 0 Å². The molecule has 0 saturated carbocycles. The average molecular weight is 587 g/mol. The molecular weight excluding hydrogens is 554 g/mol. The van der Waals surface area contributed by atoms with Crippen molar-refractivity contribution in [1.82, 2.24) is 20.0 Å². The van der Waals surface area contributed by atoms with Crippen LogP contribution < -0.4 is 9.62 Å². The summed E-state index contributed by atoms with van der Waals surface area (Å²) >= 11 is 3.05. The second-order valence-corrected chi connectivity index (χ2v) is 12.6. The highest BCUT2D eigenvalue weighted by molar-refractivity contribution is 9.10. The smallest absolute Gasteiger partial charge is 0.410 e. The predicted octanol–water partition coefficient (Wildman–Crippen LogP) is 3.44. The molecule has 1 atom stereocenters. The number of aromatic nitrogens is 2. The molecule has 0 bridgehead atoms. The lowest BCUT2D eigenvalue weighted by Crippen LogP contribution is -2.47. The van der Waals surface area contributed by atoms with Crippen LogP contribution >= 0.6 is 15.9 Å². The van der Waals surface area contributed by atoms with Gasteiger partial charge in [-0.1, -0.05) is 46.3 Å². The Morgan fingerprint density at radius 2 is 1.94 bits per heavy atom. The quantitative estimate of drug-likeness (QED) is 0.470. The Labute approximate surface area is 219 Å². The lowest BCUT2D eigenvalue weighted by Gasteiger charge is -2.36. The van der Waals surface area contributed by atoms with Gasteiger partial charge in [-0.25, -0.2) is 18.0 Å². The third-order valence-corrected chi connectivity index (χ3v) is 8.45. The van der Waals surface area contributed by atoms with E-state index in [4.69, 9.17) is 9.47 Å². The van der Waals surface area contributed by atoms with E-state index in [-0.39, 0.29) is 36.9 Å². The molecule has 2 heterocycles. The molecule has 0 unspecified atom stereocenters. The first kappa shape index (κ1) is 27.8. The van der Waals surface area contributed by atoms with E-state index < -0.39 is 27.8 Å². The number of alkyl halides is 1. The Balaban J connectivity index is 1.71. The van der Waals surface area contributed by atoms with Crippen LogP contribution in [-0.4, -0.2) is 64.7 Å². The van der Waals surface area contributed by atoms with E-state index >= 15 is 0 Å². The van der Waals surface area contributed by atoms with Crippen LogP contribution in [0, 0.1) is 0 Å². The van der Waals surface area contributed by atoms with Crippen LogP contribution in [0.1, 0.15) is 39.0 Å². The summed E-state index contributed by atoms with van der Waals surface area (Å²) in [7, 11) is -3.78. The van der Waals surface area contributed by atoms with Crippen molar-refractivity contribution in [2.75, 3.05) is 22.1 Å². The minimum absolute atomic E-state index is 0.0106. The Morgan fingerprint density at radius 3 is 2.58 bits per heavy atom. The molecule has 198 valence electrons. The van der Waals surface area contributed by atoms with Crippen molar-refractivity contribution in [2.45, 2.75) is 59.0 Å². The van der Waals surface area contributed by atoms with Gasteiger partial charge in [0.25, 0.3) is 0 Å². The van der Waals surface area contributed by atoms with Crippen molar-refractivity contribution < 1.29 is 27.5 Å². The summed E-state index contributed by atoms with van der Waals surface area (Å²) in [6, 6.07) is 9.03. The van der Waals surface area contributed by atoms with Crippen molar-refractivity contribution >= 4 is 43.8 Å². The van der Waals surface area contributed by atoms with Gasteiger partial charge in [-0.3, -0.25) is 13.9 Å². The third-order valence-electron chi connectivity index (χ3n) is 5.38. The highest BCUT2D eigenvalue weighted by Crippen LogP contribution is 2.30. The number of halogens is 1. The van der Waals surface area contributed by atoms with E-state index in [1.54, 1.807) is 30.4 Å². The van der Waals surface area contributed by atoms with E-state index in [1.807, 2.05) is 37.3 Å². The number of benzene rings is 1. The Bertz CT molecular complexity index is 1170. The SMILES string of the molecule is C[C@H]1Cn2ncc(N(CCNC(=O)OCc3ccccc3)S(=O)(=O)CBr)c2CN1C(=O)OC(C)(C)C. The first-order valence-electron chi connectivity index (χ1n) is 11.5. The molecule has 1 aliphatic heterocycles. The number of alkyl carbamates (subject to hydrolysis) is 1. The second-order valence-electron chi connectivity index (χ2n) is 9.40. The highest BCUT2D eigenvalue weighted by Gasteiger charge is 2.35. The van der Waals surface area contributed by atoms with E-state index in [0.29, 0.717) is 17.9 Å². The van der Waals surface area contributed by atoms with E-state index in [9.17, 15) is 18.0 Å². The molecule has 1 N–H and O–H groups in total. The number of carbonyl (C=O) groups is 2. The minimum Gasteiger partial charge on any atom is -0.445 e. The molecule has 0 fully saturated rings. The van der Waals surface area contributed by atoms with Crippen LogP contribution in [0.15, 0.2) is 36.5 Å². The molecule has 2 amide bonds. The molecule has 0 radical (unpaired) electrons. The molecule has 0 saturated heterocycles. The fourth-order valence-electron chi connectivity index (χ4n) is 3.66. The van der Waals surface area contributed by atoms with Crippen LogP contribution in [0.2, 0.25) is 0 Å². The summed E-state index contributed by atoms with van der Waals surface area (Å²) in [6.45, 7) is 7.84. The van der Waals surface area contributed by atoms with Gasteiger partial charge in [-0.15, -0.1) is 0 Å². The lowest BCUT2D eigenvalue weighted by molar-refractivity contribution is 0.00913. The van der Waals surface area contributed by atoms with Gasteiger partial charge in [0.1, 0.15) is 16.9 Å². The Kier molecular flexibility index (Phi) is 8.88. The van der Waals surface area contributed by atoms with E-state index in [2.05, 4.69) is 26.3 Å². The number of amides is 2. The molecule has 2 aromatic rings. The van der Waals surface area contributed by atoms with Gasteiger partial charge < -0.3 is 14.8 Å². The molecule has 1 aliphatic rings. The summed E-state index contributed by atoms with van der Waals surface area (Å²) in [5.41, 5.74) is 1.08. The molecule has 1 aromatic carbocycles. The van der Waals surface area contributed by atoms with Gasteiger partial charge in [0, 0.05) is 6.54 Å². The molecule has 11 nitrogen and oxygen atoms in total. The maximum absolute atomic E-state index is 12.9. The molecule has 36 heavy (non-hydrogen) atoms. The summed E-state index contributed by atoms with van der Waals surface area (Å²) in [4.78, 5) is 26.5. The normalized spacial score (nSPS) is 15.7. The van der Waals surface area contributed by atoms with Gasteiger partial charge in [0.2, 0.25) is 10.0 Å². The fourth-order valence-corrected chi connectivity index (χ4v) is 5.34. The summed E-state index contributed by atoms with van der Waals surface area (Å²) in [6.07, 6.45) is 0.331. The van der Waals surface area contributed by atoms with Crippen molar-refractivity contribution in [3.63, 3.8) is 0 Å². The second kappa shape index (κ2) is 11.5. The maximum atomic E-state index is 12.9. The number of hydrogen-bond donors (Lipinski definition) is 1. The number of nitrogens with zero attached hydrogens (tertiary/aromatic N) is 4. The topological polar surface area (TPSA) is 123 Å². The standard InChI is InChI=1S/C23H32BrN5O6S/c1-17-13-28-20(14-27(17)22(31)35-23(2,3)4)19(12-26-28)29(36(32,33)16-24)11-10-25-21(30)34-15-18-8-6-5-7-9-18/h5-9,12,17H,10-11,13-16H2,1-4H3,(H,25,30)/t17-/m0/s1.